The zero-order valence-corrected chi connectivity index (χ0v) is 74.8. The molecule has 0 aromatic heterocycles. The molecular formula is C133H83N3. The van der Waals surface area contributed by atoms with E-state index in [4.69, 9.17) is 0 Å². The van der Waals surface area contributed by atoms with E-state index in [0.717, 1.165) is 34.1 Å². The number of benzene rings is 30. The highest BCUT2D eigenvalue weighted by Crippen LogP contribution is 2.55. The van der Waals surface area contributed by atoms with Gasteiger partial charge < -0.3 is 14.7 Å². The minimum atomic E-state index is -0.0888. The van der Waals surface area contributed by atoms with Crippen molar-refractivity contribution >= 4 is 256 Å². The summed E-state index contributed by atoms with van der Waals surface area (Å²) in [5, 5.41) is 49.3. The van der Waals surface area contributed by atoms with Crippen LogP contribution in [-0.2, 0) is 5.41 Å². The third-order valence-corrected chi connectivity index (χ3v) is 30.3. The van der Waals surface area contributed by atoms with Crippen LogP contribution >= 0.6 is 0 Å². The van der Waals surface area contributed by atoms with Gasteiger partial charge in [-0.1, -0.05) is 372 Å². The van der Waals surface area contributed by atoms with Crippen molar-refractivity contribution in [2.24, 2.45) is 0 Å². The Morgan fingerprint density at radius 2 is 0.324 bits per heavy atom. The van der Waals surface area contributed by atoms with Gasteiger partial charge in [0.05, 0.1) is 0 Å². The highest BCUT2D eigenvalue weighted by molar-refractivity contribution is 6.31. The molecule has 0 fully saturated rings. The van der Waals surface area contributed by atoms with Gasteiger partial charge in [-0.15, -0.1) is 0 Å². The first kappa shape index (κ1) is 76.2. The molecule has 136 heavy (non-hydrogen) atoms. The van der Waals surface area contributed by atoms with Crippen LogP contribution in [0.15, 0.2) is 467 Å². The smallest absolute Gasteiger partial charge is 0.0473 e. The van der Waals surface area contributed by atoms with E-state index >= 15 is 0 Å². The SMILES string of the molecule is CC1(C)c2ccccc2-c2ccc(N(c3cc4ccc5cccc6ccc(c3)c4c56)c3cc4ccc5cccc6ccc(c3)c4c56)cc21.c1ccc(-c2ccc(N(c3cc4ccc5cccc6ccc(c3)c4c56)c3cc4ccc5cccc6ccc(c3)c4c56)cc2)cc1.c1ccc2cc(N(c3cc4ccc5cccc6ccc(c3)c4c56)c3cc4ccc5cccc6ccc(c3)c4c56)ccc2c1. The van der Waals surface area contributed by atoms with Crippen LogP contribution < -0.4 is 14.7 Å². The van der Waals surface area contributed by atoms with Gasteiger partial charge in [0.1, 0.15) is 0 Å². The van der Waals surface area contributed by atoms with Gasteiger partial charge in [0, 0.05) is 56.6 Å². The maximum Gasteiger partial charge on any atom is 0.0473 e. The zero-order chi connectivity index (χ0) is 89.3. The molecule has 31 rings (SSSR count). The van der Waals surface area contributed by atoms with Crippen molar-refractivity contribution in [3.63, 3.8) is 0 Å². The Labute approximate surface area is 784 Å². The second kappa shape index (κ2) is 29.2. The predicted molar refractivity (Wildman–Crippen MR) is 586 cm³/mol. The molecule has 0 aliphatic heterocycles. The molecule has 0 radical (unpaired) electrons. The number of hydrogen-bond acceptors (Lipinski definition) is 3. The second-order valence-electron chi connectivity index (χ2n) is 38.2. The van der Waals surface area contributed by atoms with Crippen molar-refractivity contribution in [2.75, 3.05) is 14.7 Å². The average molecular weight is 1720 g/mol. The third kappa shape index (κ3) is 11.7. The Morgan fingerprint density at radius 3 is 0.632 bits per heavy atom. The average Bonchev–Trinajstić information content (AvgIpc) is 1.49. The van der Waals surface area contributed by atoms with Gasteiger partial charge in [-0.05, 0) is 347 Å². The summed E-state index contributed by atoms with van der Waals surface area (Å²) in [4.78, 5) is 7.36. The minimum Gasteiger partial charge on any atom is -0.310 e. The van der Waals surface area contributed by atoms with E-state index in [1.165, 1.54) is 255 Å². The van der Waals surface area contributed by atoms with Gasteiger partial charge in [-0.25, -0.2) is 0 Å². The summed E-state index contributed by atoms with van der Waals surface area (Å²) in [5.74, 6) is 0. The quantitative estimate of drug-likeness (QED) is 0.126. The van der Waals surface area contributed by atoms with E-state index < -0.39 is 0 Å². The molecule has 0 amide bonds. The summed E-state index contributed by atoms with van der Waals surface area (Å²) in [7, 11) is 0. The van der Waals surface area contributed by atoms with E-state index in [9.17, 15) is 0 Å². The van der Waals surface area contributed by atoms with Crippen molar-refractivity contribution in [2.45, 2.75) is 19.3 Å². The van der Waals surface area contributed by atoms with Crippen molar-refractivity contribution in [1.82, 2.24) is 0 Å². The van der Waals surface area contributed by atoms with Crippen LogP contribution in [0.5, 0.6) is 0 Å². The van der Waals surface area contributed by atoms with Gasteiger partial charge in [0.25, 0.3) is 0 Å². The highest BCUT2D eigenvalue weighted by Gasteiger charge is 2.36. The van der Waals surface area contributed by atoms with Crippen molar-refractivity contribution in [3.05, 3.63) is 478 Å². The van der Waals surface area contributed by atoms with E-state index in [1.54, 1.807) is 0 Å². The molecule has 0 heterocycles. The lowest BCUT2D eigenvalue weighted by Crippen LogP contribution is -2.16. The van der Waals surface area contributed by atoms with Gasteiger partial charge in [-0.3, -0.25) is 0 Å². The van der Waals surface area contributed by atoms with Crippen LogP contribution in [-0.4, -0.2) is 0 Å². The first-order valence-corrected chi connectivity index (χ1v) is 47.4. The summed E-state index contributed by atoms with van der Waals surface area (Å²) in [5.41, 5.74) is 18.2. The first-order valence-electron chi connectivity index (χ1n) is 47.4. The van der Waals surface area contributed by atoms with Gasteiger partial charge >= 0.3 is 0 Å². The molecule has 30 aromatic carbocycles. The van der Waals surface area contributed by atoms with Crippen LogP contribution in [0.4, 0.5) is 51.2 Å². The van der Waals surface area contributed by atoms with Crippen molar-refractivity contribution in [1.29, 1.82) is 0 Å². The molecule has 1 aliphatic carbocycles. The summed E-state index contributed by atoms with van der Waals surface area (Å²) >= 11 is 0. The topological polar surface area (TPSA) is 9.72 Å². The van der Waals surface area contributed by atoms with Crippen LogP contribution in [0.3, 0.4) is 0 Å². The molecule has 0 N–H and O–H groups in total. The third-order valence-electron chi connectivity index (χ3n) is 30.3. The molecular weight excluding hydrogens is 1640 g/mol. The molecule has 1 aliphatic rings. The number of anilines is 9. The fraction of sp³-hybridized carbons (Fsp3) is 0.0226. The molecule has 0 bridgehead atoms. The Balaban J connectivity index is 0.0000000990. The van der Waals surface area contributed by atoms with Crippen LogP contribution in [0, 0.1) is 0 Å². The van der Waals surface area contributed by atoms with Crippen LogP contribution in [0.2, 0.25) is 0 Å². The molecule has 0 saturated heterocycles. The largest absolute Gasteiger partial charge is 0.310 e. The van der Waals surface area contributed by atoms with E-state index in [1.807, 2.05) is 0 Å². The predicted octanol–water partition coefficient (Wildman–Crippen LogP) is 38.0. The normalized spacial score (nSPS) is 12.7. The Morgan fingerprint density at radius 1 is 0.125 bits per heavy atom. The molecule has 0 spiro atoms. The Kier molecular flexibility index (Phi) is 16.4. The van der Waals surface area contributed by atoms with Crippen LogP contribution in [0.25, 0.3) is 227 Å². The molecule has 3 nitrogen and oxygen atoms in total. The summed E-state index contributed by atoms with van der Waals surface area (Å²) < 4.78 is 0. The van der Waals surface area contributed by atoms with E-state index in [2.05, 4.69) is 496 Å². The lowest BCUT2D eigenvalue weighted by molar-refractivity contribution is 0.660. The minimum absolute atomic E-state index is 0.0888. The van der Waals surface area contributed by atoms with Crippen molar-refractivity contribution in [3.8, 4) is 22.3 Å². The van der Waals surface area contributed by atoms with Crippen LogP contribution in [0.1, 0.15) is 25.0 Å². The summed E-state index contributed by atoms with van der Waals surface area (Å²) in [6.07, 6.45) is 0. The highest BCUT2D eigenvalue weighted by atomic mass is 15.2. The standard InChI is InChI=1S/C47H31N.C44H27N.C42H25N/c1-47(2)41-12-4-3-11-39(41)40-22-21-36(27-42(40)47)48(37-23-32-17-13-28-7-5-8-29-14-18-33(24-37)45(32)43(28)29)38-25-34-19-15-30-9-6-10-31-16-20-35(26-38)46(34)44(30)31;1-2-6-28(7-3-1)29-20-22-38(23-21-29)45(39-24-34-16-12-30-8-4-9-31-13-17-35(25-39)43(34)41(30)31)40-26-36-18-14-32-10-5-11-33-15-19-37(27-40)44(36)42(32)33;1-2-6-31-21-36(20-19-26(31)5-1)43(37-22-32-15-11-27-7-3-8-28-12-16-33(23-37)41(32)39(27)28)38-24-34-17-13-29-9-4-10-30-14-18-35(25-38)42(34)40(29)30/h3-27H,1-2H3;1-27H;1-25H. The molecule has 630 valence electrons. The molecule has 3 heteroatoms. The lowest BCUT2D eigenvalue weighted by Gasteiger charge is -2.29. The summed E-state index contributed by atoms with van der Waals surface area (Å²) in [6.45, 7) is 4.74. The van der Waals surface area contributed by atoms with Gasteiger partial charge in [0.2, 0.25) is 0 Å². The zero-order valence-electron chi connectivity index (χ0n) is 74.8. The Hall–Kier alpha value is -17.5. The number of fused-ring (bicyclic) bond motifs is 4. The second-order valence-corrected chi connectivity index (χ2v) is 38.2. The first-order chi connectivity index (χ1) is 67.1. The van der Waals surface area contributed by atoms with Gasteiger partial charge in [0.15, 0.2) is 0 Å². The Bertz CT molecular complexity index is 9300. The monoisotopic (exact) mass is 1720 g/mol. The molecule has 30 aromatic rings. The lowest BCUT2D eigenvalue weighted by atomic mass is 9.82. The molecule has 0 atom stereocenters. The maximum atomic E-state index is 2.49. The summed E-state index contributed by atoms with van der Waals surface area (Å²) in [6, 6.07) is 174. The number of nitrogens with zero attached hydrogens (tertiary/aromatic N) is 3. The van der Waals surface area contributed by atoms with E-state index in [0.29, 0.717) is 0 Å². The number of hydrogen-bond donors (Lipinski definition) is 0. The van der Waals surface area contributed by atoms with Gasteiger partial charge in [-0.2, -0.15) is 0 Å². The molecule has 0 unspecified atom stereocenters. The number of rotatable bonds is 10. The van der Waals surface area contributed by atoms with E-state index in [-0.39, 0.29) is 5.41 Å². The fourth-order valence-corrected chi connectivity index (χ4v) is 24.1. The maximum absolute atomic E-state index is 2.49. The van der Waals surface area contributed by atoms with Crippen molar-refractivity contribution < 1.29 is 0 Å². The fourth-order valence-electron chi connectivity index (χ4n) is 24.1. The molecule has 0 saturated carbocycles.